The fourth-order valence-corrected chi connectivity index (χ4v) is 7.06. The molecule has 0 unspecified atom stereocenters. The quantitative estimate of drug-likeness (QED) is 0.0839. The molecule has 5 rings (SSSR count). The maximum atomic E-state index is 14.7. The number of hydrogen-bond acceptors (Lipinski definition) is 8. The second-order valence-corrected chi connectivity index (χ2v) is 14.9. The first-order valence-corrected chi connectivity index (χ1v) is 18.5. The van der Waals surface area contributed by atoms with Crippen molar-refractivity contribution in [2.24, 2.45) is 5.41 Å². The van der Waals surface area contributed by atoms with E-state index in [9.17, 15) is 18.4 Å². The van der Waals surface area contributed by atoms with E-state index in [0.29, 0.717) is 41.3 Å². The molecule has 0 aromatic heterocycles. The molecule has 1 aliphatic heterocycles. The van der Waals surface area contributed by atoms with Gasteiger partial charge in [0, 0.05) is 30.1 Å². The van der Waals surface area contributed by atoms with Crippen LogP contribution < -0.4 is 4.74 Å². The van der Waals surface area contributed by atoms with Crippen LogP contribution >= 0.6 is 34.8 Å². The minimum absolute atomic E-state index is 0.00746. The van der Waals surface area contributed by atoms with Crippen molar-refractivity contribution in [2.45, 2.75) is 65.0 Å². The van der Waals surface area contributed by atoms with Gasteiger partial charge in [-0.3, -0.25) is 20.0 Å². The number of carbonyl (C=O) groups excluding carboxylic acids is 2. The maximum absolute atomic E-state index is 14.7. The molecule has 3 aromatic carbocycles. The van der Waals surface area contributed by atoms with E-state index in [1.165, 1.54) is 4.90 Å². The molecule has 2 amide bonds. The second-order valence-electron chi connectivity index (χ2n) is 13.7. The molecule has 3 aromatic rings. The molecule has 10 nitrogen and oxygen atoms in total. The SMILES string of the molecule is CC1(C)CN(C(=O)OCCCCON(O)O)CC(C(=O)N(Cc2cccc(Cl)c2Cl)C2CC2)=C1c1ccc(CCCOc2c(F)ccc(F)c2Cl)cc1. The van der Waals surface area contributed by atoms with Crippen LogP contribution in [0.1, 0.15) is 62.6 Å². The average molecular weight is 797 g/mol. The molecule has 0 radical (unpaired) electrons. The molecular formula is C38H42Cl3F2N3O7. The molecule has 0 spiro atoms. The molecular weight excluding hydrogens is 755 g/mol. The highest BCUT2D eigenvalue weighted by Crippen LogP contribution is 2.44. The Morgan fingerprint density at radius 2 is 1.60 bits per heavy atom. The fraction of sp³-hybridized carbons (Fsp3) is 0.421. The van der Waals surface area contributed by atoms with Gasteiger partial charge >= 0.3 is 6.09 Å². The number of unbranched alkanes of at least 4 members (excludes halogenated alkanes) is 1. The van der Waals surface area contributed by atoms with Crippen molar-refractivity contribution in [3.63, 3.8) is 0 Å². The Morgan fingerprint density at radius 3 is 2.30 bits per heavy atom. The summed E-state index contributed by atoms with van der Waals surface area (Å²) in [7, 11) is 0. The van der Waals surface area contributed by atoms with E-state index in [2.05, 4.69) is 4.84 Å². The summed E-state index contributed by atoms with van der Waals surface area (Å²) >= 11 is 18.8. The summed E-state index contributed by atoms with van der Waals surface area (Å²) in [6.07, 6.45) is 3.05. The van der Waals surface area contributed by atoms with Crippen LogP contribution in [0.5, 0.6) is 5.75 Å². The van der Waals surface area contributed by atoms with Gasteiger partial charge in [-0.15, -0.1) is 0 Å². The molecule has 1 saturated carbocycles. The fourth-order valence-electron chi connectivity index (χ4n) is 6.47. The van der Waals surface area contributed by atoms with Gasteiger partial charge in [0.2, 0.25) is 0 Å². The summed E-state index contributed by atoms with van der Waals surface area (Å²) in [5.74, 6) is -2.01. The highest BCUT2D eigenvalue weighted by Gasteiger charge is 2.43. The van der Waals surface area contributed by atoms with Gasteiger partial charge in [-0.2, -0.15) is 0 Å². The van der Waals surface area contributed by atoms with Gasteiger partial charge in [0.1, 0.15) is 10.8 Å². The number of hydrogen-bond donors (Lipinski definition) is 2. The number of rotatable bonds is 16. The van der Waals surface area contributed by atoms with Crippen LogP contribution in [0, 0.1) is 17.0 Å². The Morgan fingerprint density at radius 1 is 0.906 bits per heavy atom. The van der Waals surface area contributed by atoms with Gasteiger partial charge in [0.25, 0.3) is 5.91 Å². The summed E-state index contributed by atoms with van der Waals surface area (Å²) < 4.78 is 38.9. The molecule has 53 heavy (non-hydrogen) atoms. The van der Waals surface area contributed by atoms with Crippen molar-refractivity contribution in [3.05, 3.63) is 104 Å². The third-order valence-corrected chi connectivity index (χ3v) is 10.3. The maximum Gasteiger partial charge on any atom is 0.410 e. The highest BCUT2D eigenvalue weighted by molar-refractivity contribution is 6.42. The molecule has 286 valence electrons. The monoisotopic (exact) mass is 795 g/mol. The van der Waals surface area contributed by atoms with Crippen molar-refractivity contribution in [3.8, 4) is 5.75 Å². The van der Waals surface area contributed by atoms with E-state index >= 15 is 0 Å². The van der Waals surface area contributed by atoms with Crippen LogP contribution in [-0.4, -0.2) is 76.6 Å². The van der Waals surface area contributed by atoms with Gasteiger partial charge in [0.15, 0.2) is 11.6 Å². The summed E-state index contributed by atoms with van der Waals surface area (Å²) in [5.41, 5.74) is 3.14. The number of aryl methyl sites for hydroxylation is 1. The lowest BCUT2D eigenvalue weighted by Gasteiger charge is -2.42. The lowest BCUT2D eigenvalue weighted by atomic mass is 9.74. The van der Waals surface area contributed by atoms with E-state index < -0.39 is 28.2 Å². The Kier molecular flexibility index (Phi) is 14.0. The highest BCUT2D eigenvalue weighted by atomic mass is 35.5. The topological polar surface area (TPSA) is 112 Å². The van der Waals surface area contributed by atoms with Gasteiger partial charge < -0.3 is 19.3 Å². The Bertz CT molecular complexity index is 1810. The molecule has 0 saturated heterocycles. The van der Waals surface area contributed by atoms with E-state index in [0.717, 1.165) is 47.2 Å². The molecule has 2 N–H and O–H groups in total. The van der Waals surface area contributed by atoms with E-state index in [1.807, 2.05) is 49.1 Å². The first-order chi connectivity index (χ1) is 25.3. The summed E-state index contributed by atoms with van der Waals surface area (Å²) in [6.45, 7) is 4.75. The standard InChI is InChI=1S/C38H42Cl3F2N3O7/c1-38(2)23-44(37(48)52-18-3-4-20-53-46(49)50)22-28(36(47)45(27-14-15-27)21-26-8-5-9-29(39)33(26)40)32(38)25-12-10-24(11-13-25)7-6-19-51-35-31(43)17-16-30(42)34(35)41/h5,8-13,16-17,27,49-50H,3-4,6-7,14-15,18-23H2,1-2H3. The number of benzene rings is 3. The van der Waals surface area contributed by atoms with E-state index in [4.69, 9.17) is 54.7 Å². The number of halogens is 5. The third-order valence-electron chi connectivity index (χ3n) is 9.12. The number of ether oxygens (including phenoxy) is 2. The molecule has 1 fully saturated rings. The first kappa shape index (κ1) is 40.7. The summed E-state index contributed by atoms with van der Waals surface area (Å²) in [5, 5.41) is 17.4. The summed E-state index contributed by atoms with van der Waals surface area (Å²) in [4.78, 5) is 36.0. The predicted molar refractivity (Wildman–Crippen MR) is 196 cm³/mol. The zero-order valence-corrected chi connectivity index (χ0v) is 31.7. The minimum Gasteiger partial charge on any atom is -0.489 e. The Hall–Kier alpha value is -3.49. The lowest BCUT2D eigenvalue weighted by molar-refractivity contribution is -0.492. The van der Waals surface area contributed by atoms with Gasteiger partial charge in [0.05, 0.1) is 41.8 Å². The largest absolute Gasteiger partial charge is 0.489 e. The van der Waals surface area contributed by atoms with Crippen LogP contribution in [0.2, 0.25) is 15.1 Å². The molecule has 1 aliphatic carbocycles. The molecule has 0 bridgehead atoms. The van der Waals surface area contributed by atoms with Crippen molar-refractivity contribution in [1.29, 1.82) is 0 Å². The predicted octanol–water partition coefficient (Wildman–Crippen LogP) is 9.15. The number of carbonyl (C=O) groups is 2. The Labute approximate surface area is 322 Å². The Balaban J connectivity index is 1.37. The second kappa shape index (κ2) is 18.2. The van der Waals surface area contributed by atoms with Crippen LogP contribution in [0.25, 0.3) is 5.57 Å². The van der Waals surface area contributed by atoms with Crippen LogP contribution in [0.15, 0.2) is 60.2 Å². The number of amides is 2. The van der Waals surface area contributed by atoms with Gasteiger partial charge in [-0.05, 0) is 79.0 Å². The van der Waals surface area contributed by atoms with Crippen LogP contribution in [0.3, 0.4) is 0 Å². The van der Waals surface area contributed by atoms with Crippen molar-refractivity contribution < 1.29 is 43.1 Å². The normalized spacial score (nSPS) is 15.5. The van der Waals surface area contributed by atoms with Crippen LogP contribution in [-0.2, 0) is 27.3 Å². The van der Waals surface area contributed by atoms with E-state index in [-0.39, 0.29) is 62.5 Å². The zero-order valence-electron chi connectivity index (χ0n) is 29.4. The van der Waals surface area contributed by atoms with Crippen molar-refractivity contribution in [1.82, 2.24) is 15.2 Å². The zero-order chi connectivity index (χ0) is 38.3. The molecule has 0 atom stereocenters. The molecule has 15 heteroatoms. The molecule has 2 aliphatic rings. The number of nitrogens with zero attached hydrogens (tertiary/aromatic N) is 3. The third kappa shape index (κ3) is 10.6. The molecule has 1 heterocycles. The van der Waals surface area contributed by atoms with Crippen LogP contribution in [0.4, 0.5) is 13.6 Å². The first-order valence-electron chi connectivity index (χ1n) is 17.3. The van der Waals surface area contributed by atoms with Gasteiger partial charge in [-0.25, -0.2) is 13.6 Å². The average Bonchev–Trinajstić information content (AvgIpc) is 3.96. The minimum atomic E-state index is -0.758. The van der Waals surface area contributed by atoms with Gasteiger partial charge in [-0.1, -0.05) is 85.0 Å². The smallest absolute Gasteiger partial charge is 0.410 e. The summed E-state index contributed by atoms with van der Waals surface area (Å²) in [6, 6.07) is 15.1. The van der Waals surface area contributed by atoms with Crippen molar-refractivity contribution in [2.75, 3.05) is 32.9 Å². The van der Waals surface area contributed by atoms with E-state index in [1.54, 1.807) is 12.1 Å². The lowest BCUT2D eigenvalue weighted by Crippen LogP contribution is -2.48. The van der Waals surface area contributed by atoms with Crippen molar-refractivity contribution >= 4 is 52.4 Å².